The molecule has 0 saturated carbocycles. The summed E-state index contributed by atoms with van der Waals surface area (Å²) in [5.41, 5.74) is 15.4. The molecule has 3 aliphatic rings. The first-order valence-corrected chi connectivity index (χ1v) is 13.6. The third kappa shape index (κ3) is 2.92. The molecule has 0 unspecified atom stereocenters. The van der Waals surface area contributed by atoms with Gasteiger partial charge < -0.3 is 4.90 Å². The lowest BCUT2D eigenvalue weighted by Gasteiger charge is -2.40. The molecule has 2 aliphatic carbocycles. The van der Waals surface area contributed by atoms with Crippen molar-refractivity contribution < 1.29 is 0 Å². The maximum atomic E-state index is 2.58. The van der Waals surface area contributed by atoms with E-state index in [1.54, 1.807) is 0 Å². The van der Waals surface area contributed by atoms with Crippen LogP contribution in [0, 0.1) is 0 Å². The van der Waals surface area contributed by atoms with Gasteiger partial charge in [-0.25, -0.2) is 0 Å². The normalized spacial score (nSPS) is 15.9. The fraction of sp³-hybridized carbons (Fsp3) is 0.167. The minimum Gasteiger partial charge on any atom is -0.367 e. The topological polar surface area (TPSA) is 3.24 Å². The van der Waals surface area contributed by atoms with Crippen LogP contribution in [0.4, 0.5) is 5.69 Å². The second-order valence-electron chi connectivity index (χ2n) is 10.8. The van der Waals surface area contributed by atoms with Gasteiger partial charge in [-0.3, -0.25) is 0 Å². The maximum absolute atomic E-state index is 2.58. The zero-order valence-electron chi connectivity index (χ0n) is 21.0. The van der Waals surface area contributed by atoms with Crippen molar-refractivity contribution in [3.8, 4) is 11.1 Å². The van der Waals surface area contributed by atoms with Gasteiger partial charge in [-0.05, 0) is 81.0 Å². The Morgan fingerprint density at radius 2 is 1.19 bits per heavy atom. The molecule has 0 aromatic heterocycles. The van der Waals surface area contributed by atoms with Gasteiger partial charge in [0.25, 0.3) is 0 Å². The second kappa shape index (κ2) is 7.95. The highest BCUT2D eigenvalue weighted by Gasteiger charge is 2.49. The molecule has 8 rings (SSSR count). The predicted molar refractivity (Wildman–Crippen MR) is 152 cm³/mol. The summed E-state index contributed by atoms with van der Waals surface area (Å²) < 4.78 is 0. The fourth-order valence-corrected chi connectivity index (χ4v) is 7.46. The summed E-state index contributed by atoms with van der Waals surface area (Å²) >= 11 is 0. The predicted octanol–water partition coefficient (Wildman–Crippen LogP) is 7.91. The molecule has 0 N–H and O–H groups in total. The Morgan fingerprint density at radius 1 is 0.568 bits per heavy atom. The maximum Gasteiger partial charge on any atom is 0.0719 e. The lowest BCUT2D eigenvalue weighted by molar-refractivity contribution is 0.687. The molecule has 0 atom stereocenters. The molecule has 0 saturated heterocycles. The van der Waals surface area contributed by atoms with Gasteiger partial charge in [0.1, 0.15) is 0 Å². The monoisotopic (exact) mass is 475 g/mol. The molecule has 0 bridgehead atoms. The van der Waals surface area contributed by atoms with Gasteiger partial charge in [-0.2, -0.15) is 0 Å². The molecule has 0 radical (unpaired) electrons. The molecular formula is C36H29N. The summed E-state index contributed by atoms with van der Waals surface area (Å²) in [6.07, 6.45) is 3.41. The van der Waals surface area contributed by atoms with Crippen molar-refractivity contribution >= 4 is 5.69 Å². The van der Waals surface area contributed by atoms with Crippen molar-refractivity contribution in [2.24, 2.45) is 0 Å². The van der Waals surface area contributed by atoms with Gasteiger partial charge in [-0.15, -0.1) is 0 Å². The van der Waals surface area contributed by atoms with E-state index < -0.39 is 0 Å². The molecule has 5 aromatic carbocycles. The molecule has 1 heteroatoms. The molecule has 1 aliphatic heterocycles. The number of fused-ring (bicyclic) bond motifs is 10. The minimum absolute atomic E-state index is 0.256. The van der Waals surface area contributed by atoms with Crippen LogP contribution in [0.5, 0.6) is 0 Å². The van der Waals surface area contributed by atoms with Crippen molar-refractivity contribution in [2.45, 2.75) is 31.2 Å². The van der Waals surface area contributed by atoms with Crippen LogP contribution in [0.15, 0.2) is 115 Å². The summed E-state index contributed by atoms with van der Waals surface area (Å²) in [6, 6.07) is 43.6. The van der Waals surface area contributed by atoms with E-state index in [0.717, 1.165) is 19.5 Å². The van der Waals surface area contributed by atoms with Crippen LogP contribution >= 0.6 is 0 Å². The van der Waals surface area contributed by atoms with E-state index in [2.05, 4.69) is 120 Å². The number of hydrogen-bond donors (Lipinski definition) is 0. The molecule has 1 nitrogen and oxygen atoms in total. The van der Waals surface area contributed by atoms with E-state index in [4.69, 9.17) is 0 Å². The Kier molecular flexibility index (Phi) is 4.52. The van der Waals surface area contributed by atoms with E-state index >= 15 is 0 Å². The molecule has 0 fully saturated rings. The minimum atomic E-state index is -0.256. The quantitative estimate of drug-likeness (QED) is 0.246. The first kappa shape index (κ1) is 21.0. The Hall–Kier alpha value is -4.10. The molecule has 1 spiro atoms. The Balaban J connectivity index is 1.32. The van der Waals surface area contributed by atoms with Crippen molar-refractivity contribution in [1.82, 2.24) is 0 Å². The van der Waals surface area contributed by atoms with Gasteiger partial charge in [0.05, 0.1) is 5.41 Å². The third-order valence-corrected chi connectivity index (χ3v) is 8.91. The Bertz CT molecular complexity index is 1630. The number of benzene rings is 5. The zero-order valence-corrected chi connectivity index (χ0v) is 21.0. The molecule has 5 aromatic rings. The van der Waals surface area contributed by atoms with E-state index in [1.807, 2.05) is 0 Å². The van der Waals surface area contributed by atoms with E-state index in [-0.39, 0.29) is 5.41 Å². The van der Waals surface area contributed by atoms with Crippen molar-refractivity contribution in [1.29, 1.82) is 0 Å². The smallest absolute Gasteiger partial charge is 0.0719 e. The first-order chi connectivity index (χ1) is 18.3. The standard InChI is InChI=1S/C36H29N/c1-5-15-31-27(11-1)23-28-22-25(24-37-21-9-12-26-10-2-8-18-35(26)37)19-20-32(28)36(31)33-16-6-3-13-29(33)30-14-4-7-17-34(30)36/h1-8,10-11,13-20,22H,9,12,21,23-24H2. The molecule has 0 amide bonds. The van der Waals surface area contributed by atoms with Gasteiger partial charge in [0, 0.05) is 18.8 Å². The van der Waals surface area contributed by atoms with Crippen LogP contribution in [0.1, 0.15) is 50.9 Å². The summed E-state index contributed by atoms with van der Waals surface area (Å²) in [5.74, 6) is 0. The molecule has 178 valence electrons. The van der Waals surface area contributed by atoms with Gasteiger partial charge in [-0.1, -0.05) is 109 Å². The SMILES string of the molecule is c1ccc2c(c1)CCCN2Cc1ccc2c(c1)Cc1ccccc1C21c2ccccc2-c2ccccc21. The van der Waals surface area contributed by atoms with E-state index in [9.17, 15) is 0 Å². The number of hydrogen-bond acceptors (Lipinski definition) is 1. The summed E-state index contributed by atoms with van der Waals surface area (Å²) in [6.45, 7) is 2.09. The Labute approximate surface area is 219 Å². The van der Waals surface area contributed by atoms with Crippen LogP contribution in [-0.2, 0) is 24.8 Å². The van der Waals surface area contributed by atoms with Gasteiger partial charge >= 0.3 is 0 Å². The van der Waals surface area contributed by atoms with Crippen molar-refractivity contribution in [3.63, 3.8) is 0 Å². The highest BCUT2D eigenvalue weighted by molar-refractivity contribution is 5.87. The number of para-hydroxylation sites is 1. The summed E-state index contributed by atoms with van der Waals surface area (Å²) in [7, 11) is 0. The Morgan fingerprint density at radius 3 is 1.97 bits per heavy atom. The lowest BCUT2D eigenvalue weighted by Crippen LogP contribution is -2.34. The number of aryl methyl sites for hydroxylation is 1. The number of anilines is 1. The largest absolute Gasteiger partial charge is 0.367 e. The van der Waals surface area contributed by atoms with Crippen LogP contribution in [0.2, 0.25) is 0 Å². The highest BCUT2D eigenvalue weighted by atomic mass is 15.1. The average Bonchev–Trinajstić information content (AvgIpc) is 3.24. The van der Waals surface area contributed by atoms with Gasteiger partial charge in [0.2, 0.25) is 0 Å². The van der Waals surface area contributed by atoms with E-state index in [0.29, 0.717) is 0 Å². The number of nitrogens with zero attached hydrogens (tertiary/aromatic N) is 1. The fourth-order valence-electron chi connectivity index (χ4n) is 7.46. The highest BCUT2D eigenvalue weighted by Crippen LogP contribution is 2.59. The van der Waals surface area contributed by atoms with Gasteiger partial charge in [0.15, 0.2) is 0 Å². The van der Waals surface area contributed by atoms with Crippen molar-refractivity contribution in [3.05, 3.63) is 160 Å². The molecule has 37 heavy (non-hydrogen) atoms. The van der Waals surface area contributed by atoms with Crippen LogP contribution in [-0.4, -0.2) is 6.54 Å². The van der Waals surface area contributed by atoms with Crippen LogP contribution in [0.25, 0.3) is 11.1 Å². The van der Waals surface area contributed by atoms with Crippen LogP contribution < -0.4 is 4.90 Å². The van der Waals surface area contributed by atoms with E-state index in [1.165, 1.54) is 74.2 Å². The zero-order chi connectivity index (χ0) is 24.4. The average molecular weight is 476 g/mol. The summed E-state index contributed by atoms with van der Waals surface area (Å²) in [5, 5.41) is 0. The molecule has 1 heterocycles. The van der Waals surface area contributed by atoms with Crippen molar-refractivity contribution in [2.75, 3.05) is 11.4 Å². The van der Waals surface area contributed by atoms with Crippen LogP contribution in [0.3, 0.4) is 0 Å². The third-order valence-electron chi connectivity index (χ3n) is 8.91. The lowest BCUT2D eigenvalue weighted by atomic mass is 9.61. The summed E-state index contributed by atoms with van der Waals surface area (Å²) in [4.78, 5) is 2.58. The first-order valence-electron chi connectivity index (χ1n) is 13.6. The molecular weight excluding hydrogens is 446 g/mol. The number of rotatable bonds is 2. The second-order valence-corrected chi connectivity index (χ2v) is 10.8.